The minimum absolute atomic E-state index is 0.253. The van der Waals surface area contributed by atoms with Crippen LogP contribution < -0.4 is 10.5 Å². The summed E-state index contributed by atoms with van der Waals surface area (Å²) in [5, 5.41) is 4.38. The molecule has 4 nitrogen and oxygen atoms in total. The molecule has 2 aromatic rings. The number of ether oxygens (including phenoxy) is 1. The van der Waals surface area contributed by atoms with Gasteiger partial charge in [0.1, 0.15) is 5.69 Å². The Balaban J connectivity index is 2.48. The van der Waals surface area contributed by atoms with Crippen LogP contribution in [0, 0.1) is 6.92 Å². The van der Waals surface area contributed by atoms with Crippen molar-refractivity contribution < 1.29 is 4.74 Å². The van der Waals surface area contributed by atoms with Gasteiger partial charge in [-0.3, -0.25) is 4.68 Å². The molecule has 0 radical (unpaired) electrons. The molecule has 0 amide bonds. The highest BCUT2D eigenvalue weighted by molar-refractivity contribution is 9.10. The second-order valence-electron chi connectivity index (χ2n) is 4.80. The highest BCUT2D eigenvalue weighted by Crippen LogP contribution is 2.31. The number of aromatic nitrogens is 2. The first-order valence-corrected chi connectivity index (χ1v) is 7.49. The zero-order valence-corrected chi connectivity index (χ0v) is 13.6. The van der Waals surface area contributed by atoms with Crippen molar-refractivity contribution in [2.24, 2.45) is 5.73 Å². The molecular formula is C15H20BrN3O. The molecule has 20 heavy (non-hydrogen) atoms. The first-order valence-electron chi connectivity index (χ1n) is 6.69. The van der Waals surface area contributed by atoms with E-state index in [-0.39, 0.29) is 6.04 Å². The first kappa shape index (κ1) is 15.1. The number of nitrogens with two attached hydrogens (primary N) is 1. The molecule has 0 saturated carbocycles. The third kappa shape index (κ3) is 2.88. The van der Waals surface area contributed by atoms with Crippen molar-refractivity contribution in [1.29, 1.82) is 0 Å². The summed E-state index contributed by atoms with van der Waals surface area (Å²) in [6.07, 6.45) is 2.74. The second-order valence-corrected chi connectivity index (χ2v) is 5.72. The van der Waals surface area contributed by atoms with E-state index < -0.39 is 0 Å². The van der Waals surface area contributed by atoms with E-state index in [9.17, 15) is 0 Å². The molecule has 0 aliphatic rings. The summed E-state index contributed by atoms with van der Waals surface area (Å²) in [7, 11) is 1.65. The fourth-order valence-electron chi connectivity index (χ4n) is 2.33. The number of rotatable bonds is 5. The number of hydrogen-bond donors (Lipinski definition) is 1. The van der Waals surface area contributed by atoms with Crippen LogP contribution in [0.5, 0.6) is 5.75 Å². The van der Waals surface area contributed by atoms with Crippen LogP contribution in [-0.2, 0) is 6.54 Å². The van der Waals surface area contributed by atoms with E-state index >= 15 is 0 Å². The summed E-state index contributed by atoms with van der Waals surface area (Å²) in [5.74, 6) is 0.741. The molecule has 0 fully saturated rings. The lowest BCUT2D eigenvalue weighted by atomic mass is 9.99. The molecule has 108 valence electrons. The number of benzene rings is 1. The fourth-order valence-corrected chi connectivity index (χ4v) is 2.71. The highest BCUT2D eigenvalue weighted by atomic mass is 79.9. The SMILES string of the molecule is CCCn1ncc(OC)c1C(N)c1cc(Br)ccc1C. The predicted molar refractivity (Wildman–Crippen MR) is 84.0 cm³/mol. The van der Waals surface area contributed by atoms with E-state index in [0.29, 0.717) is 0 Å². The lowest BCUT2D eigenvalue weighted by Crippen LogP contribution is -2.19. The van der Waals surface area contributed by atoms with Crippen LogP contribution in [0.2, 0.25) is 0 Å². The molecule has 1 aromatic carbocycles. The van der Waals surface area contributed by atoms with Crippen molar-refractivity contribution in [3.63, 3.8) is 0 Å². The topological polar surface area (TPSA) is 53.1 Å². The van der Waals surface area contributed by atoms with Gasteiger partial charge in [-0.15, -0.1) is 0 Å². The van der Waals surface area contributed by atoms with Crippen LogP contribution in [0.15, 0.2) is 28.9 Å². The van der Waals surface area contributed by atoms with Gasteiger partial charge in [0, 0.05) is 11.0 Å². The molecule has 0 saturated heterocycles. The molecule has 0 bridgehead atoms. The minimum Gasteiger partial charge on any atom is -0.493 e. The van der Waals surface area contributed by atoms with Gasteiger partial charge in [0.25, 0.3) is 0 Å². The van der Waals surface area contributed by atoms with E-state index in [2.05, 4.69) is 47.0 Å². The van der Waals surface area contributed by atoms with Gasteiger partial charge in [0.2, 0.25) is 0 Å². The van der Waals surface area contributed by atoms with E-state index in [1.807, 2.05) is 10.7 Å². The zero-order valence-electron chi connectivity index (χ0n) is 12.1. The highest BCUT2D eigenvalue weighted by Gasteiger charge is 2.21. The Bertz CT molecular complexity index is 595. The molecule has 0 spiro atoms. The summed E-state index contributed by atoms with van der Waals surface area (Å²) >= 11 is 3.50. The number of halogens is 1. The Morgan fingerprint density at radius 1 is 1.45 bits per heavy atom. The molecule has 1 atom stereocenters. The third-order valence-corrected chi connectivity index (χ3v) is 3.86. The Morgan fingerprint density at radius 3 is 2.85 bits per heavy atom. The van der Waals surface area contributed by atoms with E-state index in [1.54, 1.807) is 13.3 Å². The quantitative estimate of drug-likeness (QED) is 0.909. The smallest absolute Gasteiger partial charge is 0.161 e. The predicted octanol–water partition coefficient (Wildman–Crippen LogP) is 3.42. The molecule has 0 aliphatic heterocycles. The van der Waals surface area contributed by atoms with Gasteiger partial charge in [0.15, 0.2) is 5.75 Å². The average molecular weight is 338 g/mol. The van der Waals surface area contributed by atoms with E-state index in [0.717, 1.165) is 40.0 Å². The molecule has 5 heteroatoms. The van der Waals surface area contributed by atoms with Gasteiger partial charge in [-0.05, 0) is 36.6 Å². The molecule has 2 N–H and O–H groups in total. The summed E-state index contributed by atoms with van der Waals surface area (Å²) in [6, 6.07) is 5.89. The maximum absolute atomic E-state index is 6.48. The molecule has 2 rings (SSSR count). The van der Waals surface area contributed by atoms with Gasteiger partial charge in [0.05, 0.1) is 19.3 Å². The largest absolute Gasteiger partial charge is 0.493 e. The Hall–Kier alpha value is -1.33. The van der Waals surface area contributed by atoms with Gasteiger partial charge >= 0.3 is 0 Å². The van der Waals surface area contributed by atoms with Crippen LogP contribution in [0.25, 0.3) is 0 Å². The summed E-state index contributed by atoms with van der Waals surface area (Å²) < 4.78 is 8.37. The molecule has 1 aromatic heterocycles. The van der Waals surface area contributed by atoms with Gasteiger partial charge in [-0.25, -0.2) is 0 Å². The van der Waals surface area contributed by atoms with Gasteiger partial charge < -0.3 is 10.5 Å². The Labute approximate surface area is 128 Å². The summed E-state index contributed by atoms with van der Waals surface area (Å²) in [4.78, 5) is 0. The lowest BCUT2D eigenvalue weighted by molar-refractivity contribution is 0.404. The Kier molecular flexibility index (Phi) is 4.83. The number of hydrogen-bond acceptors (Lipinski definition) is 3. The van der Waals surface area contributed by atoms with Crippen LogP contribution in [0.1, 0.15) is 36.2 Å². The Morgan fingerprint density at radius 2 is 2.20 bits per heavy atom. The van der Waals surface area contributed by atoms with Crippen molar-refractivity contribution in [2.45, 2.75) is 32.9 Å². The lowest BCUT2D eigenvalue weighted by Gasteiger charge is -2.18. The van der Waals surface area contributed by atoms with Crippen molar-refractivity contribution in [1.82, 2.24) is 9.78 Å². The van der Waals surface area contributed by atoms with Gasteiger partial charge in [-0.1, -0.05) is 28.9 Å². The van der Waals surface area contributed by atoms with Crippen LogP contribution >= 0.6 is 15.9 Å². The summed E-state index contributed by atoms with van der Waals surface area (Å²) in [5.41, 5.74) is 9.64. The zero-order chi connectivity index (χ0) is 14.7. The summed E-state index contributed by atoms with van der Waals surface area (Å²) in [6.45, 7) is 5.02. The fraction of sp³-hybridized carbons (Fsp3) is 0.400. The van der Waals surface area contributed by atoms with Crippen LogP contribution in [0.4, 0.5) is 0 Å². The van der Waals surface area contributed by atoms with Crippen molar-refractivity contribution in [3.8, 4) is 5.75 Å². The van der Waals surface area contributed by atoms with Crippen molar-refractivity contribution in [2.75, 3.05) is 7.11 Å². The molecule has 1 heterocycles. The number of methoxy groups -OCH3 is 1. The van der Waals surface area contributed by atoms with E-state index in [4.69, 9.17) is 10.5 Å². The maximum Gasteiger partial charge on any atom is 0.161 e. The second kappa shape index (κ2) is 6.41. The minimum atomic E-state index is -0.253. The monoisotopic (exact) mass is 337 g/mol. The molecular weight excluding hydrogens is 318 g/mol. The normalized spacial score (nSPS) is 12.4. The third-order valence-electron chi connectivity index (χ3n) is 3.37. The van der Waals surface area contributed by atoms with Crippen LogP contribution in [-0.4, -0.2) is 16.9 Å². The standard InChI is InChI=1S/C15H20BrN3O/c1-4-7-19-15(13(20-3)9-18-19)14(17)12-8-11(16)6-5-10(12)2/h5-6,8-9,14H,4,7,17H2,1-3H3. The van der Waals surface area contributed by atoms with E-state index in [1.165, 1.54) is 0 Å². The maximum atomic E-state index is 6.48. The number of aryl methyl sites for hydroxylation is 2. The van der Waals surface area contributed by atoms with Crippen molar-refractivity contribution in [3.05, 3.63) is 45.7 Å². The van der Waals surface area contributed by atoms with Crippen molar-refractivity contribution >= 4 is 15.9 Å². The first-order chi connectivity index (χ1) is 9.58. The molecule has 1 unspecified atom stereocenters. The van der Waals surface area contributed by atoms with Crippen LogP contribution in [0.3, 0.4) is 0 Å². The van der Waals surface area contributed by atoms with Gasteiger partial charge in [-0.2, -0.15) is 5.10 Å². The molecule has 0 aliphatic carbocycles. The average Bonchev–Trinajstić information content (AvgIpc) is 2.84. The number of nitrogens with zero attached hydrogens (tertiary/aromatic N) is 2.